The standard InChI is InChI=1S/C24H18ClN5OS/c1-16-20(25)9-4-10-21(16)29-12-13-30-22(23(29)31)27-28-24(30)32-15-18-6-2-3-8-19(18)17-7-5-11-26-14-17/h2-14H,15H2,1H3. The molecule has 5 rings (SSSR count). The Kier molecular flexibility index (Phi) is 5.51. The van der Waals surface area contributed by atoms with E-state index >= 15 is 0 Å². The predicted octanol–water partition coefficient (Wildman–Crippen LogP) is 5.20. The van der Waals surface area contributed by atoms with Gasteiger partial charge in [0, 0.05) is 41.1 Å². The molecule has 0 saturated heterocycles. The maximum Gasteiger partial charge on any atom is 0.300 e. The van der Waals surface area contributed by atoms with Gasteiger partial charge in [-0.15, -0.1) is 10.2 Å². The summed E-state index contributed by atoms with van der Waals surface area (Å²) in [4.78, 5) is 17.3. The van der Waals surface area contributed by atoms with Crippen LogP contribution < -0.4 is 5.56 Å². The van der Waals surface area contributed by atoms with E-state index in [4.69, 9.17) is 11.6 Å². The lowest BCUT2D eigenvalue weighted by Crippen LogP contribution is -2.21. The molecule has 32 heavy (non-hydrogen) atoms. The summed E-state index contributed by atoms with van der Waals surface area (Å²) in [6.45, 7) is 1.89. The molecule has 3 heterocycles. The summed E-state index contributed by atoms with van der Waals surface area (Å²) < 4.78 is 3.29. The highest BCUT2D eigenvalue weighted by molar-refractivity contribution is 7.98. The molecule has 0 amide bonds. The highest BCUT2D eigenvalue weighted by Gasteiger charge is 2.14. The second-order valence-corrected chi connectivity index (χ2v) is 8.57. The lowest BCUT2D eigenvalue weighted by Gasteiger charge is -2.11. The van der Waals surface area contributed by atoms with Crippen molar-refractivity contribution >= 4 is 29.0 Å². The molecule has 0 saturated carbocycles. The molecular formula is C24H18ClN5OS. The molecule has 0 aliphatic heterocycles. The molecule has 0 aliphatic rings. The zero-order valence-electron chi connectivity index (χ0n) is 17.1. The van der Waals surface area contributed by atoms with Gasteiger partial charge in [0.15, 0.2) is 5.16 Å². The van der Waals surface area contributed by atoms with Crippen LogP contribution in [0.1, 0.15) is 11.1 Å². The molecular weight excluding hydrogens is 442 g/mol. The van der Waals surface area contributed by atoms with Crippen molar-refractivity contribution in [3.63, 3.8) is 0 Å². The Hall–Kier alpha value is -3.42. The van der Waals surface area contributed by atoms with Crippen LogP contribution in [0.2, 0.25) is 5.02 Å². The van der Waals surface area contributed by atoms with Crippen LogP contribution in [-0.2, 0) is 5.75 Å². The van der Waals surface area contributed by atoms with E-state index < -0.39 is 0 Å². The molecule has 158 valence electrons. The molecule has 0 aliphatic carbocycles. The lowest BCUT2D eigenvalue weighted by molar-refractivity contribution is 0.890. The Morgan fingerprint density at radius 2 is 1.88 bits per heavy atom. The van der Waals surface area contributed by atoms with E-state index in [1.807, 2.05) is 55.7 Å². The van der Waals surface area contributed by atoms with Gasteiger partial charge in [0.25, 0.3) is 0 Å². The molecule has 0 bridgehead atoms. The van der Waals surface area contributed by atoms with E-state index in [0.717, 1.165) is 27.9 Å². The van der Waals surface area contributed by atoms with Crippen LogP contribution in [0.5, 0.6) is 0 Å². The van der Waals surface area contributed by atoms with Gasteiger partial charge in [-0.25, -0.2) is 0 Å². The number of aromatic nitrogens is 5. The van der Waals surface area contributed by atoms with Crippen LogP contribution >= 0.6 is 23.4 Å². The summed E-state index contributed by atoms with van der Waals surface area (Å²) >= 11 is 7.77. The van der Waals surface area contributed by atoms with Crippen molar-refractivity contribution in [3.8, 4) is 16.8 Å². The third-order valence-electron chi connectivity index (χ3n) is 5.28. The van der Waals surface area contributed by atoms with Crippen molar-refractivity contribution in [2.75, 3.05) is 0 Å². The maximum atomic E-state index is 13.1. The quantitative estimate of drug-likeness (QED) is 0.338. The second kappa shape index (κ2) is 8.61. The van der Waals surface area contributed by atoms with E-state index in [9.17, 15) is 4.79 Å². The normalized spacial score (nSPS) is 11.2. The van der Waals surface area contributed by atoms with Gasteiger partial charge in [0.1, 0.15) is 0 Å². The Morgan fingerprint density at radius 1 is 1.00 bits per heavy atom. The molecule has 6 nitrogen and oxygen atoms in total. The molecule has 0 atom stereocenters. The number of nitrogens with zero attached hydrogens (tertiary/aromatic N) is 5. The van der Waals surface area contributed by atoms with Crippen molar-refractivity contribution in [1.29, 1.82) is 0 Å². The Bertz CT molecular complexity index is 1480. The van der Waals surface area contributed by atoms with Crippen LogP contribution in [-0.4, -0.2) is 24.1 Å². The summed E-state index contributed by atoms with van der Waals surface area (Å²) in [7, 11) is 0. The summed E-state index contributed by atoms with van der Waals surface area (Å²) in [5, 5.41) is 9.71. The van der Waals surface area contributed by atoms with Gasteiger partial charge in [-0.3, -0.25) is 18.7 Å². The third kappa shape index (κ3) is 3.70. The van der Waals surface area contributed by atoms with Crippen molar-refractivity contribution in [2.45, 2.75) is 17.8 Å². The fourth-order valence-electron chi connectivity index (χ4n) is 3.60. The Morgan fingerprint density at radius 3 is 2.72 bits per heavy atom. The molecule has 0 radical (unpaired) electrons. The largest absolute Gasteiger partial charge is 0.300 e. The molecule has 0 fully saturated rings. The fraction of sp³-hybridized carbons (Fsp3) is 0.0833. The Balaban J connectivity index is 1.47. The monoisotopic (exact) mass is 459 g/mol. The van der Waals surface area contributed by atoms with E-state index in [1.54, 1.807) is 27.4 Å². The lowest BCUT2D eigenvalue weighted by atomic mass is 10.0. The minimum absolute atomic E-state index is 0.243. The predicted molar refractivity (Wildman–Crippen MR) is 128 cm³/mol. The molecule has 2 aromatic carbocycles. The number of hydrogen-bond donors (Lipinski definition) is 0. The van der Waals surface area contributed by atoms with Gasteiger partial charge < -0.3 is 0 Å². The molecule has 0 N–H and O–H groups in total. The number of halogens is 1. The van der Waals surface area contributed by atoms with E-state index in [-0.39, 0.29) is 11.2 Å². The van der Waals surface area contributed by atoms with Gasteiger partial charge >= 0.3 is 5.56 Å². The average Bonchev–Trinajstić information content (AvgIpc) is 3.25. The Labute approximate surface area is 193 Å². The van der Waals surface area contributed by atoms with E-state index in [1.165, 1.54) is 11.8 Å². The number of fused-ring (bicyclic) bond motifs is 1. The van der Waals surface area contributed by atoms with Gasteiger partial charge in [-0.05, 0) is 41.8 Å². The minimum atomic E-state index is -0.243. The van der Waals surface area contributed by atoms with Crippen LogP contribution in [0.25, 0.3) is 22.5 Å². The second-order valence-electron chi connectivity index (χ2n) is 7.22. The van der Waals surface area contributed by atoms with Crippen LogP contribution in [0, 0.1) is 6.92 Å². The first-order valence-corrected chi connectivity index (χ1v) is 11.3. The topological polar surface area (TPSA) is 65.1 Å². The first-order chi connectivity index (χ1) is 15.6. The van der Waals surface area contributed by atoms with E-state index in [2.05, 4.69) is 27.3 Å². The van der Waals surface area contributed by atoms with Crippen molar-refractivity contribution < 1.29 is 0 Å². The molecule has 0 unspecified atom stereocenters. The number of rotatable bonds is 5. The van der Waals surface area contributed by atoms with Crippen molar-refractivity contribution in [3.05, 3.63) is 106 Å². The highest BCUT2D eigenvalue weighted by Crippen LogP contribution is 2.29. The molecule has 0 spiro atoms. The first kappa shape index (κ1) is 20.5. The van der Waals surface area contributed by atoms with Crippen molar-refractivity contribution in [1.82, 2.24) is 24.1 Å². The summed E-state index contributed by atoms with van der Waals surface area (Å²) in [5.41, 5.74) is 4.94. The van der Waals surface area contributed by atoms with Gasteiger partial charge in [-0.2, -0.15) is 0 Å². The van der Waals surface area contributed by atoms with Gasteiger partial charge in [0.2, 0.25) is 5.65 Å². The van der Waals surface area contributed by atoms with Crippen LogP contribution in [0.3, 0.4) is 0 Å². The highest BCUT2D eigenvalue weighted by atomic mass is 35.5. The summed E-state index contributed by atoms with van der Waals surface area (Å²) in [6, 6.07) is 17.7. The van der Waals surface area contributed by atoms with Gasteiger partial charge in [-0.1, -0.05) is 59.8 Å². The molecule has 3 aromatic heterocycles. The van der Waals surface area contributed by atoms with Crippen LogP contribution in [0.15, 0.2) is 89.3 Å². The molecule has 8 heteroatoms. The maximum absolute atomic E-state index is 13.1. The zero-order valence-corrected chi connectivity index (χ0v) is 18.7. The minimum Gasteiger partial charge on any atom is -0.279 e. The number of benzene rings is 2. The third-order valence-corrected chi connectivity index (χ3v) is 6.69. The molecule has 5 aromatic rings. The number of hydrogen-bond acceptors (Lipinski definition) is 5. The smallest absolute Gasteiger partial charge is 0.279 e. The number of pyridine rings is 1. The first-order valence-electron chi connectivity index (χ1n) is 9.96. The fourth-order valence-corrected chi connectivity index (χ4v) is 4.69. The van der Waals surface area contributed by atoms with Crippen LogP contribution in [0.4, 0.5) is 0 Å². The van der Waals surface area contributed by atoms with E-state index in [0.29, 0.717) is 15.9 Å². The zero-order chi connectivity index (χ0) is 22.1. The summed E-state index contributed by atoms with van der Waals surface area (Å²) in [5.74, 6) is 0.683. The van der Waals surface area contributed by atoms with Gasteiger partial charge in [0.05, 0.1) is 5.69 Å². The summed E-state index contributed by atoms with van der Waals surface area (Å²) in [6.07, 6.45) is 7.16. The SMILES string of the molecule is Cc1c(Cl)cccc1-n1ccn2c(SCc3ccccc3-c3cccnc3)nnc2c1=O. The van der Waals surface area contributed by atoms with Crippen molar-refractivity contribution in [2.24, 2.45) is 0 Å². The average molecular weight is 460 g/mol. The number of thioether (sulfide) groups is 1.